The van der Waals surface area contributed by atoms with E-state index < -0.39 is 0 Å². The van der Waals surface area contributed by atoms with Gasteiger partial charge in [0.25, 0.3) is 0 Å². The monoisotopic (exact) mass is 348 g/mol. The van der Waals surface area contributed by atoms with Gasteiger partial charge in [0, 0.05) is 50.4 Å². The van der Waals surface area contributed by atoms with Crippen molar-refractivity contribution in [3.8, 4) is 11.5 Å². The van der Waals surface area contributed by atoms with Gasteiger partial charge in [-0.3, -0.25) is 4.90 Å². The van der Waals surface area contributed by atoms with Crippen molar-refractivity contribution < 1.29 is 4.74 Å². The maximum atomic E-state index is 6.40. The van der Waals surface area contributed by atoms with Gasteiger partial charge in [-0.2, -0.15) is 0 Å². The number of aryl methyl sites for hydroxylation is 1. The molecule has 2 N–H and O–H groups in total. The van der Waals surface area contributed by atoms with Crippen LogP contribution in [0.2, 0.25) is 0 Å². The van der Waals surface area contributed by atoms with Crippen molar-refractivity contribution in [2.45, 2.75) is 18.5 Å². The molecule has 5 heteroatoms. The first-order chi connectivity index (χ1) is 12.7. The van der Waals surface area contributed by atoms with E-state index in [1.54, 1.807) is 0 Å². The highest BCUT2D eigenvalue weighted by atomic mass is 16.5. The minimum absolute atomic E-state index is 0.104. The lowest BCUT2D eigenvalue weighted by molar-refractivity contribution is 0.318. The molecule has 0 aliphatic carbocycles. The molecule has 5 nitrogen and oxygen atoms in total. The van der Waals surface area contributed by atoms with Crippen molar-refractivity contribution in [1.29, 1.82) is 0 Å². The first kappa shape index (κ1) is 16.8. The molecule has 2 aromatic carbocycles. The number of benzene rings is 2. The van der Waals surface area contributed by atoms with Crippen LogP contribution in [0, 0.1) is 0 Å². The number of rotatable bonds is 5. The summed E-state index contributed by atoms with van der Waals surface area (Å²) < 4.78 is 8.07. The summed E-state index contributed by atoms with van der Waals surface area (Å²) in [6.45, 7) is 2.60. The van der Waals surface area contributed by atoms with Crippen LogP contribution in [0.1, 0.15) is 17.2 Å². The number of imidazole rings is 1. The standard InChI is InChI=1S/C21H24N4O/c1-24-14-20(23-15-24)18-12-25(13-19(18)22)11-16-7-5-6-10-21(16)26-17-8-3-2-4-9-17/h2-10,14-15,18-19H,11-13,22H2,1H3/t18-,19-/m1/s1. The van der Waals surface area contributed by atoms with Crippen LogP contribution in [0.3, 0.4) is 0 Å². The predicted molar refractivity (Wildman–Crippen MR) is 102 cm³/mol. The Labute approximate surface area is 154 Å². The van der Waals surface area contributed by atoms with E-state index in [0.29, 0.717) is 0 Å². The van der Waals surface area contributed by atoms with E-state index >= 15 is 0 Å². The molecule has 0 bridgehead atoms. The second-order valence-corrected chi connectivity index (χ2v) is 6.95. The van der Waals surface area contributed by atoms with Crippen LogP contribution in [0.15, 0.2) is 67.1 Å². The number of nitrogens with two attached hydrogens (primary N) is 1. The minimum Gasteiger partial charge on any atom is -0.457 e. The molecule has 0 spiro atoms. The Hall–Kier alpha value is -2.63. The molecule has 3 aromatic rings. The molecule has 2 heterocycles. The summed E-state index contributed by atoms with van der Waals surface area (Å²) in [6, 6.07) is 18.2. The lowest BCUT2D eigenvalue weighted by atomic mass is 10.0. The number of likely N-dealkylation sites (tertiary alicyclic amines) is 1. The maximum Gasteiger partial charge on any atom is 0.131 e. The lowest BCUT2D eigenvalue weighted by Crippen LogP contribution is -2.28. The van der Waals surface area contributed by atoms with Gasteiger partial charge in [0.1, 0.15) is 11.5 Å². The topological polar surface area (TPSA) is 56.3 Å². The van der Waals surface area contributed by atoms with Crippen LogP contribution in [0.25, 0.3) is 0 Å². The SMILES string of the molecule is Cn1cnc([C@@H]2CN(Cc3ccccc3Oc3ccccc3)C[C@H]2N)c1. The molecule has 0 unspecified atom stereocenters. The van der Waals surface area contributed by atoms with Crippen LogP contribution < -0.4 is 10.5 Å². The van der Waals surface area contributed by atoms with Gasteiger partial charge in [-0.1, -0.05) is 36.4 Å². The van der Waals surface area contributed by atoms with Crippen LogP contribution >= 0.6 is 0 Å². The Balaban J connectivity index is 1.48. The minimum atomic E-state index is 0.104. The molecular weight excluding hydrogens is 324 g/mol. The van der Waals surface area contributed by atoms with Gasteiger partial charge in [0.15, 0.2) is 0 Å². The summed E-state index contributed by atoms with van der Waals surface area (Å²) in [5.41, 5.74) is 8.66. The normalized spacial score (nSPS) is 20.4. The van der Waals surface area contributed by atoms with E-state index in [1.165, 1.54) is 5.56 Å². The second-order valence-electron chi connectivity index (χ2n) is 6.95. The van der Waals surface area contributed by atoms with Crippen molar-refractivity contribution in [3.63, 3.8) is 0 Å². The fourth-order valence-corrected chi connectivity index (χ4v) is 3.57. The Morgan fingerprint density at radius 1 is 1.08 bits per heavy atom. The van der Waals surface area contributed by atoms with E-state index in [-0.39, 0.29) is 12.0 Å². The number of ether oxygens (including phenoxy) is 1. The fraction of sp³-hybridized carbons (Fsp3) is 0.286. The summed E-state index contributed by atoms with van der Waals surface area (Å²) in [4.78, 5) is 6.88. The van der Waals surface area contributed by atoms with E-state index in [2.05, 4.69) is 28.2 Å². The third kappa shape index (κ3) is 3.64. The summed E-state index contributed by atoms with van der Waals surface area (Å²) in [5.74, 6) is 2.02. The van der Waals surface area contributed by atoms with E-state index in [1.807, 2.05) is 60.4 Å². The van der Waals surface area contributed by atoms with E-state index in [0.717, 1.165) is 36.8 Å². The average Bonchev–Trinajstić information content (AvgIpc) is 3.23. The number of para-hydroxylation sites is 2. The van der Waals surface area contributed by atoms with Crippen molar-refractivity contribution in [2.75, 3.05) is 13.1 Å². The highest BCUT2D eigenvalue weighted by Gasteiger charge is 2.32. The van der Waals surface area contributed by atoms with Crippen LogP contribution in [-0.4, -0.2) is 33.6 Å². The van der Waals surface area contributed by atoms with Crippen molar-refractivity contribution in [1.82, 2.24) is 14.5 Å². The Kier molecular flexibility index (Phi) is 4.73. The zero-order chi connectivity index (χ0) is 17.9. The first-order valence-corrected chi connectivity index (χ1v) is 8.95. The predicted octanol–water partition coefficient (Wildman–Crippen LogP) is 3.14. The largest absolute Gasteiger partial charge is 0.457 e. The third-order valence-corrected chi connectivity index (χ3v) is 4.88. The molecule has 0 amide bonds. The van der Waals surface area contributed by atoms with Gasteiger partial charge in [0.2, 0.25) is 0 Å². The Morgan fingerprint density at radius 2 is 1.85 bits per heavy atom. The van der Waals surface area contributed by atoms with Crippen LogP contribution in [-0.2, 0) is 13.6 Å². The van der Waals surface area contributed by atoms with Crippen LogP contribution in [0.4, 0.5) is 0 Å². The van der Waals surface area contributed by atoms with Gasteiger partial charge in [-0.15, -0.1) is 0 Å². The lowest BCUT2D eigenvalue weighted by Gasteiger charge is -2.18. The van der Waals surface area contributed by atoms with Crippen molar-refractivity contribution in [3.05, 3.63) is 78.4 Å². The second kappa shape index (κ2) is 7.32. The van der Waals surface area contributed by atoms with E-state index in [9.17, 15) is 0 Å². The number of nitrogens with zero attached hydrogens (tertiary/aromatic N) is 3. The van der Waals surface area contributed by atoms with Gasteiger partial charge >= 0.3 is 0 Å². The summed E-state index contributed by atoms with van der Waals surface area (Å²) in [6.07, 6.45) is 3.91. The Morgan fingerprint density at radius 3 is 2.62 bits per heavy atom. The molecule has 0 saturated carbocycles. The van der Waals surface area contributed by atoms with Gasteiger partial charge in [-0.25, -0.2) is 4.98 Å². The molecular formula is C21H24N4O. The highest BCUT2D eigenvalue weighted by Crippen LogP contribution is 2.30. The zero-order valence-electron chi connectivity index (χ0n) is 15.0. The van der Waals surface area contributed by atoms with Crippen LogP contribution in [0.5, 0.6) is 11.5 Å². The van der Waals surface area contributed by atoms with Crippen molar-refractivity contribution >= 4 is 0 Å². The number of aromatic nitrogens is 2. The maximum absolute atomic E-state index is 6.40. The molecule has 1 aliphatic rings. The number of hydrogen-bond donors (Lipinski definition) is 1. The van der Waals surface area contributed by atoms with Crippen molar-refractivity contribution in [2.24, 2.45) is 12.8 Å². The average molecular weight is 348 g/mol. The first-order valence-electron chi connectivity index (χ1n) is 8.95. The fourth-order valence-electron chi connectivity index (χ4n) is 3.57. The molecule has 4 rings (SSSR count). The summed E-state index contributed by atoms with van der Waals surface area (Å²) >= 11 is 0. The van der Waals surface area contributed by atoms with E-state index in [4.69, 9.17) is 10.5 Å². The molecule has 1 fully saturated rings. The number of hydrogen-bond acceptors (Lipinski definition) is 4. The third-order valence-electron chi connectivity index (χ3n) is 4.88. The molecule has 1 aliphatic heterocycles. The summed E-state index contributed by atoms with van der Waals surface area (Å²) in [7, 11) is 1.99. The molecule has 1 aromatic heterocycles. The smallest absolute Gasteiger partial charge is 0.131 e. The molecule has 2 atom stereocenters. The van der Waals surface area contributed by atoms with Gasteiger partial charge in [-0.05, 0) is 18.2 Å². The highest BCUT2D eigenvalue weighted by molar-refractivity contribution is 5.38. The summed E-state index contributed by atoms with van der Waals surface area (Å²) in [5, 5.41) is 0. The quantitative estimate of drug-likeness (QED) is 0.770. The van der Waals surface area contributed by atoms with Gasteiger partial charge in [0.05, 0.1) is 12.0 Å². The van der Waals surface area contributed by atoms with Gasteiger partial charge < -0.3 is 15.0 Å². The Bertz CT molecular complexity index is 861. The molecule has 26 heavy (non-hydrogen) atoms. The molecule has 0 radical (unpaired) electrons. The molecule has 134 valence electrons. The zero-order valence-corrected chi connectivity index (χ0v) is 15.0. The molecule has 1 saturated heterocycles.